The molecule has 0 atom stereocenters. The van der Waals surface area contributed by atoms with Gasteiger partial charge in [0, 0.05) is 16.8 Å². The van der Waals surface area contributed by atoms with Crippen LogP contribution in [0.1, 0.15) is 30.9 Å². The quantitative estimate of drug-likeness (QED) is 0.308. The highest BCUT2D eigenvalue weighted by Crippen LogP contribution is 2.40. The minimum Gasteiger partial charge on any atom is -0.466 e. The van der Waals surface area contributed by atoms with Crippen molar-refractivity contribution >= 4 is 27.6 Å². The molecule has 0 amide bonds. The van der Waals surface area contributed by atoms with E-state index < -0.39 is 0 Å². The van der Waals surface area contributed by atoms with Gasteiger partial charge in [0.25, 0.3) is 0 Å². The molecule has 2 aromatic heterocycles. The first-order valence-corrected chi connectivity index (χ1v) is 8.94. The molecule has 3 nitrogen and oxygen atoms in total. The predicted molar refractivity (Wildman–Crippen MR) is 105 cm³/mol. The molecule has 0 aliphatic carbocycles. The lowest BCUT2D eigenvalue weighted by atomic mass is 9.98. The van der Waals surface area contributed by atoms with Crippen molar-refractivity contribution in [2.24, 2.45) is 7.05 Å². The molecular formula is C23H20FN2O+. The molecule has 0 spiro atoms. The van der Waals surface area contributed by atoms with E-state index >= 15 is 0 Å². The Bertz CT molecular complexity index is 1250. The molecule has 0 saturated heterocycles. The number of benzene rings is 2. The van der Waals surface area contributed by atoms with E-state index in [0.717, 1.165) is 27.6 Å². The van der Waals surface area contributed by atoms with Crippen molar-refractivity contribution in [2.45, 2.75) is 26.7 Å². The fraction of sp³-hybridized carbons (Fsp3) is 0.217. The van der Waals surface area contributed by atoms with Gasteiger partial charge in [0.15, 0.2) is 6.20 Å². The van der Waals surface area contributed by atoms with Crippen LogP contribution in [0.25, 0.3) is 38.0 Å². The Morgan fingerprint density at radius 3 is 2.56 bits per heavy atom. The summed E-state index contributed by atoms with van der Waals surface area (Å²) in [7, 11) is 1.92. The number of hydrogen-bond acceptors (Lipinski definition) is 1. The molecule has 134 valence electrons. The summed E-state index contributed by atoms with van der Waals surface area (Å²) < 4.78 is 22.8. The molecule has 2 aromatic carbocycles. The molecular weight excluding hydrogens is 339 g/mol. The summed E-state index contributed by atoms with van der Waals surface area (Å²) in [6.45, 7) is 13.4. The maximum Gasteiger partial charge on any atom is 0.229 e. The van der Waals surface area contributed by atoms with Gasteiger partial charge >= 0.3 is 0 Å². The highest BCUT2D eigenvalue weighted by atomic mass is 19.1. The summed E-state index contributed by atoms with van der Waals surface area (Å²) in [5.74, 6) is -0.109. The first-order valence-electron chi connectivity index (χ1n) is 8.94. The Hall–Kier alpha value is -3.19. The smallest absolute Gasteiger partial charge is 0.229 e. The molecule has 0 N–H and O–H groups in total. The van der Waals surface area contributed by atoms with E-state index in [0.29, 0.717) is 22.4 Å². The summed E-state index contributed by atoms with van der Waals surface area (Å²) in [4.78, 5) is 3.57. The summed E-state index contributed by atoms with van der Waals surface area (Å²) in [5.41, 5.74) is 5.05. The van der Waals surface area contributed by atoms with Crippen molar-refractivity contribution in [3.8, 4) is 11.3 Å². The number of fused-ring (bicyclic) bond motifs is 3. The third-order valence-electron chi connectivity index (χ3n) is 5.11. The first-order chi connectivity index (χ1) is 12.9. The van der Waals surface area contributed by atoms with Crippen molar-refractivity contribution in [1.82, 2.24) is 0 Å². The predicted octanol–water partition coefficient (Wildman–Crippen LogP) is 6.20. The molecule has 0 radical (unpaired) electrons. The Morgan fingerprint density at radius 2 is 1.85 bits per heavy atom. The molecule has 2 heterocycles. The summed E-state index contributed by atoms with van der Waals surface area (Å²) >= 11 is 0. The molecule has 0 aliphatic rings. The van der Waals surface area contributed by atoms with Gasteiger partial charge in [0.1, 0.15) is 24.0 Å². The van der Waals surface area contributed by atoms with Gasteiger partial charge in [0.2, 0.25) is 11.4 Å². The molecule has 0 bridgehead atoms. The van der Waals surface area contributed by atoms with Crippen LogP contribution in [0.3, 0.4) is 0 Å². The molecule has 0 saturated carbocycles. The summed E-state index contributed by atoms with van der Waals surface area (Å²) in [6.07, 6.45) is 1.85. The number of nitrogens with zero attached hydrogens (tertiary/aromatic N) is 2. The van der Waals surface area contributed by atoms with Crippen LogP contribution in [0.4, 0.5) is 10.1 Å². The Kier molecular flexibility index (Phi) is 3.96. The maximum absolute atomic E-state index is 14.7. The third kappa shape index (κ3) is 2.59. The van der Waals surface area contributed by atoms with E-state index in [1.807, 2.05) is 62.8 Å². The van der Waals surface area contributed by atoms with E-state index in [-0.39, 0.29) is 11.7 Å². The Morgan fingerprint density at radius 1 is 1.11 bits per heavy atom. The number of para-hydroxylation sites is 1. The van der Waals surface area contributed by atoms with Gasteiger partial charge < -0.3 is 4.42 Å². The standard InChI is InChI=1S/C23H20FN2O/c1-13(2)17-12-26(5)20(11-18(17)24)21-14(3)9-10-16-15-7-6-8-19(25-4)22(15)27-23(16)21/h6-13H,1-3,5H3/q+1. The van der Waals surface area contributed by atoms with E-state index in [1.54, 1.807) is 12.1 Å². The third-order valence-corrected chi connectivity index (χ3v) is 5.11. The SMILES string of the molecule is [C-]#[N+]c1cccc2c1oc1c(-c3cc(F)c(C(C)C)c[n+]3C)c(C)ccc12. The second kappa shape index (κ2) is 6.21. The number of pyridine rings is 1. The minimum absolute atomic E-state index is 0.106. The second-order valence-electron chi connectivity index (χ2n) is 7.23. The van der Waals surface area contributed by atoms with Crippen molar-refractivity contribution in [3.63, 3.8) is 0 Å². The topological polar surface area (TPSA) is 21.4 Å². The van der Waals surface area contributed by atoms with Gasteiger partial charge in [-0.2, -0.15) is 0 Å². The molecule has 0 unspecified atom stereocenters. The Labute approximate surface area is 157 Å². The fourth-order valence-electron chi connectivity index (χ4n) is 3.67. The van der Waals surface area contributed by atoms with E-state index in [2.05, 4.69) is 4.85 Å². The number of aryl methyl sites for hydroxylation is 2. The van der Waals surface area contributed by atoms with Crippen molar-refractivity contribution < 1.29 is 13.4 Å². The average Bonchev–Trinajstić information content (AvgIpc) is 3.01. The van der Waals surface area contributed by atoms with Gasteiger partial charge in [-0.25, -0.2) is 13.8 Å². The number of hydrogen-bond donors (Lipinski definition) is 0. The average molecular weight is 359 g/mol. The second-order valence-corrected chi connectivity index (χ2v) is 7.23. The first kappa shape index (κ1) is 17.2. The van der Waals surface area contributed by atoms with E-state index in [9.17, 15) is 4.39 Å². The highest BCUT2D eigenvalue weighted by molar-refractivity contribution is 6.12. The van der Waals surface area contributed by atoms with Gasteiger partial charge in [-0.15, -0.1) is 0 Å². The van der Waals surface area contributed by atoms with Crippen LogP contribution >= 0.6 is 0 Å². The fourth-order valence-corrected chi connectivity index (χ4v) is 3.67. The minimum atomic E-state index is -0.215. The van der Waals surface area contributed by atoms with E-state index in [4.69, 9.17) is 11.0 Å². The van der Waals surface area contributed by atoms with Crippen LogP contribution in [-0.4, -0.2) is 0 Å². The molecule has 0 fully saturated rings. The zero-order valence-corrected chi connectivity index (χ0v) is 15.8. The molecule has 4 rings (SSSR count). The zero-order valence-electron chi connectivity index (χ0n) is 15.8. The lowest BCUT2D eigenvalue weighted by Crippen LogP contribution is -2.32. The highest BCUT2D eigenvalue weighted by Gasteiger charge is 2.24. The van der Waals surface area contributed by atoms with Gasteiger partial charge in [0.05, 0.1) is 17.7 Å². The Balaban J connectivity index is 2.10. The largest absolute Gasteiger partial charge is 0.466 e. The number of rotatable bonds is 2. The van der Waals surface area contributed by atoms with Crippen LogP contribution in [0, 0.1) is 19.3 Å². The number of furan rings is 1. The van der Waals surface area contributed by atoms with Crippen molar-refractivity contribution in [1.29, 1.82) is 0 Å². The molecule has 0 aliphatic heterocycles. The molecule has 4 aromatic rings. The van der Waals surface area contributed by atoms with Gasteiger partial charge in [-0.3, -0.25) is 0 Å². The molecule has 27 heavy (non-hydrogen) atoms. The zero-order chi connectivity index (χ0) is 19.3. The van der Waals surface area contributed by atoms with Crippen molar-refractivity contribution in [3.05, 3.63) is 71.0 Å². The van der Waals surface area contributed by atoms with Crippen LogP contribution < -0.4 is 4.57 Å². The van der Waals surface area contributed by atoms with Gasteiger partial charge in [-0.1, -0.05) is 44.2 Å². The lowest BCUT2D eigenvalue weighted by molar-refractivity contribution is -0.661. The monoisotopic (exact) mass is 359 g/mol. The van der Waals surface area contributed by atoms with E-state index in [1.165, 1.54) is 0 Å². The van der Waals surface area contributed by atoms with Crippen LogP contribution in [0.5, 0.6) is 0 Å². The number of halogens is 1. The summed E-state index contributed by atoms with van der Waals surface area (Å²) in [5, 5.41) is 1.84. The van der Waals surface area contributed by atoms with Gasteiger partial charge in [-0.05, 0) is 18.4 Å². The lowest BCUT2D eigenvalue weighted by Gasteiger charge is -2.09. The van der Waals surface area contributed by atoms with Crippen LogP contribution in [-0.2, 0) is 7.05 Å². The molecule has 4 heteroatoms. The summed E-state index contributed by atoms with van der Waals surface area (Å²) in [6, 6.07) is 11.2. The maximum atomic E-state index is 14.7. The van der Waals surface area contributed by atoms with Crippen LogP contribution in [0.2, 0.25) is 0 Å². The van der Waals surface area contributed by atoms with Crippen LogP contribution in [0.15, 0.2) is 47.0 Å². The number of aromatic nitrogens is 1. The van der Waals surface area contributed by atoms with Crippen molar-refractivity contribution in [2.75, 3.05) is 0 Å². The normalized spacial score (nSPS) is 11.4.